The predicted octanol–water partition coefficient (Wildman–Crippen LogP) is 4.37. The van der Waals surface area contributed by atoms with Crippen LogP contribution >= 0.6 is 0 Å². The van der Waals surface area contributed by atoms with Crippen LogP contribution in [-0.4, -0.2) is 9.55 Å². The van der Waals surface area contributed by atoms with Gasteiger partial charge in [0.25, 0.3) is 0 Å². The second kappa shape index (κ2) is 6.31. The van der Waals surface area contributed by atoms with Crippen molar-refractivity contribution in [1.29, 1.82) is 10.5 Å². The Balaban J connectivity index is 2.20. The number of hydrogen-bond acceptors (Lipinski definition) is 3. The van der Waals surface area contributed by atoms with Crippen molar-refractivity contribution in [2.75, 3.05) is 0 Å². The van der Waals surface area contributed by atoms with Gasteiger partial charge in [0, 0.05) is 0 Å². The molecule has 0 N–H and O–H groups in total. The van der Waals surface area contributed by atoms with E-state index in [0.29, 0.717) is 16.6 Å². The molecular formula is C18H10F2N4. The first-order valence-corrected chi connectivity index (χ1v) is 7.01. The van der Waals surface area contributed by atoms with Gasteiger partial charge in [0.1, 0.15) is 6.07 Å². The van der Waals surface area contributed by atoms with Gasteiger partial charge in [-0.25, -0.2) is 4.98 Å². The normalized spacial score (nSPS) is 11.5. The Kier molecular flexibility index (Phi) is 4.05. The molecule has 1 heterocycles. The van der Waals surface area contributed by atoms with Crippen molar-refractivity contribution in [3.63, 3.8) is 0 Å². The number of para-hydroxylation sites is 2. The monoisotopic (exact) mass is 320 g/mol. The molecule has 4 nitrogen and oxygen atoms in total. The average Bonchev–Trinajstić information content (AvgIpc) is 2.99. The van der Waals surface area contributed by atoms with E-state index in [4.69, 9.17) is 5.26 Å². The summed E-state index contributed by atoms with van der Waals surface area (Å²) in [6.45, 7) is -2.82. The number of hydrogen-bond donors (Lipinski definition) is 0. The summed E-state index contributed by atoms with van der Waals surface area (Å²) >= 11 is 0. The Morgan fingerprint density at radius 1 is 1.12 bits per heavy atom. The zero-order valence-electron chi connectivity index (χ0n) is 12.3. The van der Waals surface area contributed by atoms with E-state index in [0.717, 1.165) is 4.57 Å². The van der Waals surface area contributed by atoms with Crippen LogP contribution in [0.3, 0.4) is 0 Å². The van der Waals surface area contributed by atoms with Crippen molar-refractivity contribution in [1.82, 2.24) is 9.55 Å². The molecule has 0 spiro atoms. The van der Waals surface area contributed by atoms with Crippen molar-refractivity contribution in [3.8, 4) is 12.1 Å². The van der Waals surface area contributed by atoms with E-state index >= 15 is 0 Å². The zero-order chi connectivity index (χ0) is 17.1. The van der Waals surface area contributed by atoms with Crippen LogP contribution in [0.5, 0.6) is 0 Å². The summed E-state index contributed by atoms with van der Waals surface area (Å²) in [5, 5.41) is 18.3. The van der Waals surface area contributed by atoms with Crippen LogP contribution in [0.1, 0.15) is 23.5 Å². The fourth-order valence-electron chi connectivity index (χ4n) is 2.44. The third kappa shape index (κ3) is 2.73. The fourth-order valence-corrected chi connectivity index (χ4v) is 2.44. The lowest BCUT2D eigenvalue weighted by molar-refractivity contribution is 0.0738. The zero-order valence-corrected chi connectivity index (χ0v) is 12.3. The molecule has 0 saturated carbocycles. The van der Waals surface area contributed by atoms with Gasteiger partial charge < -0.3 is 0 Å². The molecule has 116 valence electrons. The number of imidazole rings is 1. The van der Waals surface area contributed by atoms with Gasteiger partial charge in [-0.15, -0.1) is 0 Å². The van der Waals surface area contributed by atoms with E-state index in [1.807, 2.05) is 12.1 Å². The quantitative estimate of drug-likeness (QED) is 0.673. The highest BCUT2D eigenvalue weighted by molar-refractivity contribution is 5.91. The first-order chi connectivity index (χ1) is 11.6. The summed E-state index contributed by atoms with van der Waals surface area (Å²) in [6, 6.07) is 16.9. The molecule has 0 saturated heterocycles. The molecule has 0 radical (unpaired) electrons. The molecule has 24 heavy (non-hydrogen) atoms. The van der Waals surface area contributed by atoms with E-state index in [1.165, 1.54) is 12.1 Å². The Morgan fingerprint density at radius 3 is 2.62 bits per heavy atom. The standard InChI is InChI=1S/C18H10F2N4/c19-18(20)24-16-7-2-1-6-15(16)23-17(24)14(11-22)9-12-4-3-5-13(8-12)10-21/h1-9,18H/b14-9+. The molecule has 3 rings (SSSR count). The predicted molar refractivity (Wildman–Crippen MR) is 85.6 cm³/mol. The molecule has 0 aliphatic carbocycles. The summed E-state index contributed by atoms with van der Waals surface area (Å²) in [4.78, 5) is 4.17. The maximum absolute atomic E-state index is 13.5. The molecule has 6 heteroatoms. The number of nitriles is 2. The van der Waals surface area contributed by atoms with Crippen molar-refractivity contribution < 1.29 is 8.78 Å². The highest BCUT2D eigenvalue weighted by Crippen LogP contribution is 2.28. The van der Waals surface area contributed by atoms with E-state index < -0.39 is 6.55 Å². The Bertz CT molecular complexity index is 1020. The van der Waals surface area contributed by atoms with Crippen molar-refractivity contribution in [3.05, 3.63) is 65.5 Å². The van der Waals surface area contributed by atoms with E-state index in [9.17, 15) is 14.0 Å². The summed E-state index contributed by atoms with van der Waals surface area (Å²) < 4.78 is 27.7. The maximum Gasteiger partial charge on any atom is 0.320 e. The number of aromatic nitrogens is 2. The molecule has 0 atom stereocenters. The van der Waals surface area contributed by atoms with Gasteiger partial charge >= 0.3 is 6.55 Å². The summed E-state index contributed by atoms with van der Waals surface area (Å²) in [7, 11) is 0. The number of halogens is 2. The topological polar surface area (TPSA) is 65.4 Å². The highest BCUT2D eigenvalue weighted by Gasteiger charge is 2.20. The minimum Gasteiger partial charge on any atom is -0.266 e. The second-order valence-electron chi connectivity index (χ2n) is 4.98. The van der Waals surface area contributed by atoms with Crippen LogP contribution in [0.25, 0.3) is 22.7 Å². The maximum atomic E-state index is 13.5. The van der Waals surface area contributed by atoms with Gasteiger partial charge in [-0.3, -0.25) is 4.57 Å². The number of benzene rings is 2. The van der Waals surface area contributed by atoms with Crippen LogP contribution in [0, 0.1) is 22.7 Å². The molecule has 0 bridgehead atoms. The van der Waals surface area contributed by atoms with Gasteiger partial charge in [-0.1, -0.05) is 24.3 Å². The Morgan fingerprint density at radius 2 is 1.92 bits per heavy atom. The van der Waals surface area contributed by atoms with Crippen LogP contribution in [0.15, 0.2) is 48.5 Å². The second-order valence-corrected chi connectivity index (χ2v) is 4.98. The fraction of sp³-hybridized carbons (Fsp3) is 0.0556. The summed E-state index contributed by atoms with van der Waals surface area (Å²) in [5.41, 5.74) is 1.64. The molecular weight excluding hydrogens is 310 g/mol. The third-order valence-corrected chi connectivity index (χ3v) is 3.48. The van der Waals surface area contributed by atoms with E-state index in [1.54, 1.807) is 42.5 Å². The number of nitrogens with zero attached hydrogens (tertiary/aromatic N) is 4. The highest BCUT2D eigenvalue weighted by atomic mass is 19.3. The molecule has 0 amide bonds. The lowest BCUT2D eigenvalue weighted by Gasteiger charge is -2.07. The largest absolute Gasteiger partial charge is 0.320 e. The van der Waals surface area contributed by atoms with Gasteiger partial charge in [-0.05, 0) is 35.9 Å². The van der Waals surface area contributed by atoms with Gasteiger partial charge in [0.2, 0.25) is 0 Å². The molecule has 3 aromatic rings. The van der Waals surface area contributed by atoms with Gasteiger partial charge in [0.15, 0.2) is 5.82 Å². The van der Waals surface area contributed by atoms with Gasteiger partial charge in [-0.2, -0.15) is 19.3 Å². The lowest BCUT2D eigenvalue weighted by atomic mass is 10.1. The lowest BCUT2D eigenvalue weighted by Crippen LogP contribution is -2.03. The van der Waals surface area contributed by atoms with Crippen LogP contribution in [-0.2, 0) is 0 Å². The Labute approximate surface area is 136 Å². The van der Waals surface area contributed by atoms with E-state index in [2.05, 4.69) is 4.98 Å². The van der Waals surface area contributed by atoms with Gasteiger partial charge in [0.05, 0.1) is 28.2 Å². The van der Waals surface area contributed by atoms with Crippen LogP contribution in [0.4, 0.5) is 8.78 Å². The molecule has 2 aromatic carbocycles. The SMILES string of the molecule is N#C/C(=C\c1cccc(C#N)c1)c1nc2ccccc2n1C(F)F. The summed E-state index contributed by atoms with van der Waals surface area (Å²) in [5.74, 6) is -0.101. The van der Waals surface area contributed by atoms with E-state index in [-0.39, 0.29) is 16.9 Å². The Hall–Kier alpha value is -3.51. The molecule has 0 unspecified atom stereocenters. The minimum atomic E-state index is -2.82. The molecule has 0 aliphatic rings. The molecule has 0 aliphatic heterocycles. The number of alkyl halides is 2. The number of allylic oxidation sites excluding steroid dienone is 1. The summed E-state index contributed by atoms with van der Waals surface area (Å²) in [6.07, 6.45) is 1.45. The first-order valence-electron chi connectivity index (χ1n) is 7.01. The van der Waals surface area contributed by atoms with Crippen molar-refractivity contribution in [2.45, 2.75) is 6.55 Å². The number of fused-ring (bicyclic) bond motifs is 1. The average molecular weight is 320 g/mol. The molecule has 1 aromatic heterocycles. The van der Waals surface area contributed by atoms with Crippen molar-refractivity contribution in [2.24, 2.45) is 0 Å². The first kappa shape index (κ1) is 15.4. The minimum absolute atomic E-state index is 0.00147. The smallest absolute Gasteiger partial charge is 0.266 e. The van der Waals surface area contributed by atoms with Crippen molar-refractivity contribution >= 4 is 22.7 Å². The number of rotatable bonds is 3. The molecule has 0 fully saturated rings. The van der Waals surface area contributed by atoms with Crippen LogP contribution < -0.4 is 0 Å². The van der Waals surface area contributed by atoms with Crippen LogP contribution in [0.2, 0.25) is 0 Å². The third-order valence-electron chi connectivity index (χ3n) is 3.48.